The van der Waals surface area contributed by atoms with E-state index in [0.717, 1.165) is 24.2 Å². The Morgan fingerprint density at radius 2 is 2.33 bits per heavy atom. The van der Waals surface area contributed by atoms with Gasteiger partial charge in [-0.15, -0.1) is 0 Å². The summed E-state index contributed by atoms with van der Waals surface area (Å²) < 4.78 is 4.76. The number of methoxy groups -OCH3 is 1. The number of carbonyl (C=O) groups is 1. The molecule has 1 aromatic rings. The maximum absolute atomic E-state index is 11.5. The Morgan fingerprint density at radius 1 is 1.57 bits per heavy atom. The van der Waals surface area contributed by atoms with E-state index in [1.807, 2.05) is 0 Å². The number of hydrogen-bond donors (Lipinski definition) is 1. The SMILES string of the molecule is CNc1ccc([N+](=O)[O-])cc1CN1CCC(C(=O)OC)C1. The van der Waals surface area contributed by atoms with E-state index in [9.17, 15) is 14.9 Å². The molecule has 114 valence electrons. The van der Waals surface area contributed by atoms with E-state index >= 15 is 0 Å². The lowest BCUT2D eigenvalue weighted by atomic mass is 10.1. The fraction of sp³-hybridized carbons (Fsp3) is 0.500. The van der Waals surface area contributed by atoms with Crippen molar-refractivity contribution >= 4 is 17.3 Å². The normalized spacial score (nSPS) is 18.5. The topological polar surface area (TPSA) is 84.7 Å². The lowest BCUT2D eigenvalue weighted by molar-refractivity contribution is -0.384. The molecule has 0 spiro atoms. The molecule has 7 heteroatoms. The molecule has 1 aromatic carbocycles. The molecule has 21 heavy (non-hydrogen) atoms. The summed E-state index contributed by atoms with van der Waals surface area (Å²) >= 11 is 0. The Kier molecular flexibility index (Phi) is 4.74. The number of esters is 1. The number of rotatable bonds is 5. The van der Waals surface area contributed by atoms with Crippen LogP contribution >= 0.6 is 0 Å². The zero-order valence-electron chi connectivity index (χ0n) is 12.2. The second-order valence-corrected chi connectivity index (χ2v) is 5.09. The predicted molar refractivity (Wildman–Crippen MR) is 78.0 cm³/mol. The van der Waals surface area contributed by atoms with Crippen LogP contribution in [0.5, 0.6) is 0 Å². The van der Waals surface area contributed by atoms with Crippen LogP contribution in [0.3, 0.4) is 0 Å². The lowest BCUT2D eigenvalue weighted by Crippen LogP contribution is -2.24. The van der Waals surface area contributed by atoms with Gasteiger partial charge in [-0.1, -0.05) is 0 Å². The number of likely N-dealkylation sites (tertiary alicyclic amines) is 1. The largest absolute Gasteiger partial charge is 0.469 e. The van der Waals surface area contributed by atoms with Gasteiger partial charge in [0.1, 0.15) is 0 Å². The first kappa shape index (κ1) is 15.2. The third kappa shape index (κ3) is 3.49. The molecule has 7 nitrogen and oxygen atoms in total. The highest BCUT2D eigenvalue weighted by atomic mass is 16.6. The molecule has 0 saturated carbocycles. The molecule has 1 aliphatic heterocycles. The molecule has 0 bridgehead atoms. The van der Waals surface area contributed by atoms with Crippen LogP contribution in [0.1, 0.15) is 12.0 Å². The van der Waals surface area contributed by atoms with Crippen molar-refractivity contribution in [3.05, 3.63) is 33.9 Å². The Bertz CT molecular complexity index is 547. The Balaban J connectivity index is 2.10. The van der Waals surface area contributed by atoms with Gasteiger partial charge in [-0.2, -0.15) is 0 Å². The second kappa shape index (κ2) is 6.53. The predicted octanol–water partition coefficient (Wildman–Crippen LogP) is 1.63. The molecular weight excluding hydrogens is 274 g/mol. The number of benzene rings is 1. The van der Waals surface area contributed by atoms with Crippen LogP contribution in [0.15, 0.2) is 18.2 Å². The van der Waals surface area contributed by atoms with Crippen molar-refractivity contribution < 1.29 is 14.5 Å². The average Bonchev–Trinajstić information content (AvgIpc) is 2.94. The molecule has 1 aliphatic rings. The van der Waals surface area contributed by atoms with Crippen LogP contribution < -0.4 is 5.32 Å². The van der Waals surface area contributed by atoms with Crippen LogP contribution in [0.2, 0.25) is 0 Å². The van der Waals surface area contributed by atoms with Gasteiger partial charge in [-0.25, -0.2) is 0 Å². The lowest BCUT2D eigenvalue weighted by Gasteiger charge is -2.17. The minimum Gasteiger partial charge on any atom is -0.469 e. The maximum Gasteiger partial charge on any atom is 0.310 e. The van der Waals surface area contributed by atoms with Gasteiger partial charge in [-0.3, -0.25) is 19.8 Å². The summed E-state index contributed by atoms with van der Waals surface area (Å²) in [5.41, 5.74) is 1.80. The highest BCUT2D eigenvalue weighted by Gasteiger charge is 2.29. The van der Waals surface area contributed by atoms with Crippen molar-refractivity contribution in [1.82, 2.24) is 4.90 Å². The molecular formula is C14H19N3O4. The van der Waals surface area contributed by atoms with E-state index in [1.54, 1.807) is 19.2 Å². The van der Waals surface area contributed by atoms with Gasteiger partial charge in [0.15, 0.2) is 0 Å². The summed E-state index contributed by atoms with van der Waals surface area (Å²) in [6.45, 7) is 1.98. The molecule has 1 N–H and O–H groups in total. The monoisotopic (exact) mass is 293 g/mol. The van der Waals surface area contributed by atoms with E-state index in [0.29, 0.717) is 13.1 Å². The summed E-state index contributed by atoms with van der Waals surface area (Å²) in [4.78, 5) is 24.1. The quantitative estimate of drug-likeness (QED) is 0.504. The summed E-state index contributed by atoms with van der Waals surface area (Å²) in [5.74, 6) is -0.294. The molecule has 1 saturated heterocycles. The van der Waals surface area contributed by atoms with Crippen molar-refractivity contribution in [3.63, 3.8) is 0 Å². The van der Waals surface area contributed by atoms with Crippen LogP contribution in [0, 0.1) is 16.0 Å². The Morgan fingerprint density at radius 3 is 2.95 bits per heavy atom. The minimum atomic E-state index is -0.399. The second-order valence-electron chi connectivity index (χ2n) is 5.09. The Hall–Kier alpha value is -2.15. The highest BCUT2D eigenvalue weighted by molar-refractivity contribution is 5.72. The minimum absolute atomic E-state index is 0.0766. The smallest absolute Gasteiger partial charge is 0.310 e. The van der Waals surface area contributed by atoms with Gasteiger partial charge < -0.3 is 10.1 Å². The average molecular weight is 293 g/mol. The Labute approximate surface area is 123 Å². The number of non-ortho nitro benzene ring substituents is 1. The third-order valence-corrected chi connectivity index (χ3v) is 3.77. The maximum atomic E-state index is 11.5. The first-order chi connectivity index (χ1) is 10.0. The first-order valence-corrected chi connectivity index (χ1v) is 6.80. The zero-order chi connectivity index (χ0) is 15.4. The first-order valence-electron chi connectivity index (χ1n) is 6.80. The number of nitro benzene ring substituents is 1. The number of nitrogens with one attached hydrogen (secondary N) is 1. The zero-order valence-corrected chi connectivity index (χ0v) is 12.2. The molecule has 1 atom stereocenters. The van der Waals surface area contributed by atoms with Gasteiger partial charge in [0.25, 0.3) is 5.69 Å². The molecule has 2 rings (SSSR count). The molecule has 0 radical (unpaired) electrons. The summed E-state index contributed by atoms with van der Waals surface area (Å²) in [6, 6.07) is 4.77. The van der Waals surface area contributed by atoms with Crippen LogP contribution in [-0.4, -0.2) is 43.0 Å². The van der Waals surface area contributed by atoms with E-state index < -0.39 is 4.92 Å². The van der Waals surface area contributed by atoms with Gasteiger partial charge in [0, 0.05) is 38.0 Å². The summed E-state index contributed by atoms with van der Waals surface area (Å²) in [6.07, 6.45) is 0.760. The number of nitro groups is 1. The number of nitrogens with zero attached hydrogens (tertiary/aromatic N) is 2. The molecule has 1 unspecified atom stereocenters. The van der Waals surface area contributed by atoms with E-state index in [-0.39, 0.29) is 17.6 Å². The molecule has 1 heterocycles. The highest BCUT2D eigenvalue weighted by Crippen LogP contribution is 2.26. The van der Waals surface area contributed by atoms with E-state index in [2.05, 4.69) is 10.2 Å². The van der Waals surface area contributed by atoms with Gasteiger partial charge in [0.2, 0.25) is 0 Å². The van der Waals surface area contributed by atoms with Crippen molar-refractivity contribution in [2.75, 3.05) is 32.6 Å². The van der Waals surface area contributed by atoms with E-state index in [4.69, 9.17) is 4.74 Å². The molecule has 0 amide bonds. The standard InChI is InChI=1S/C14H19N3O4/c1-15-13-4-3-12(17(19)20)7-11(13)9-16-6-5-10(8-16)14(18)21-2/h3-4,7,10,15H,5-6,8-9H2,1-2H3. The number of anilines is 1. The number of ether oxygens (including phenoxy) is 1. The van der Waals surface area contributed by atoms with Gasteiger partial charge in [0.05, 0.1) is 18.0 Å². The van der Waals surface area contributed by atoms with Crippen LogP contribution in [-0.2, 0) is 16.1 Å². The summed E-state index contributed by atoms with van der Waals surface area (Å²) in [7, 11) is 3.18. The van der Waals surface area contributed by atoms with Crippen LogP contribution in [0.4, 0.5) is 11.4 Å². The van der Waals surface area contributed by atoms with Crippen molar-refractivity contribution in [2.45, 2.75) is 13.0 Å². The third-order valence-electron chi connectivity index (χ3n) is 3.77. The number of carbonyl (C=O) groups excluding carboxylic acids is 1. The molecule has 1 fully saturated rings. The molecule has 0 aliphatic carbocycles. The van der Waals surface area contributed by atoms with Gasteiger partial charge >= 0.3 is 5.97 Å². The van der Waals surface area contributed by atoms with E-state index in [1.165, 1.54) is 13.2 Å². The fourth-order valence-electron chi connectivity index (χ4n) is 2.64. The van der Waals surface area contributed by atoms with Gasteiger partial charge in [-0.05, 0) is 24.6 Å². The van der Waals surface area contributed by atoms with Crippen molar-refractivity contribution in [3.8, 4) is 0 Å². The van der Waals surface area contributed by atoms with Crippen molar-refractivity contribution in [1.29, 1.82) is 0 Å². The molecule has 0 aromatic heterocycles. The summed E-state index contributed by atoms with van der Waals surface area (Å²) in [5, 5.41) is 13.9. The fourth-order valence-corrected chi connectivity index (χ4v) is 2.64. The van der Waals surface area contributed by atoms with Crippen molar-refractivity contribution in [2.24, 2.45) is 5.92 Å². The number of hydrogen-bond acceptors (Lipinski definition) is 6. The van der Waals surface area contributed by atoms with Crippen LogP contribution in [0.25, 0.3) is 0 Å².